The third-order valence-electron chi connectivity index (χ3n) is 6.22. The number of nitrogens with zero attached hydrogens (tertiary/aromatic N) is 4. The number of likely N-dealkylation sites (tertiary alicyclic amines) is 1. The Hall–Kier alpha value is -3.44. The van der Waals surface area contributed by atoms with Crippen LogP contribution >= 0.6 is 0 Å². The zero-order valence-electron chi connectivity index (χ0n) is 18.4. The van der Waals surface area contributed by atoms with Crippen LogP contribution in [0.15, 0.2) is 35.3 Å². The molecule has 2 N–H and O–H groups in total. The van der Waals surface area contributed by atoms with Crippen LogP contribution in [0.25, 0.3) is 11.0 Å². The summed E-state index contributed by atoms with van der Waals surface area (Å²) in [5.74, 6) is -1.17. The zero-order valence-corrected chi connectivity index (χ0v) is 18.4. The molecule has 1 amide bonds. The molecule has 34 heavy (non-hydrogen) atoms. The summed E-state index contributed by atoms with van der Waals surface area (Å²) in [6, 6.07) is 6.05. The van der Waals surface area contributed by atoms with Crippen LogP contribution in [-0.2, 0) is 17.9 Å². The molecular formula is C23H24F2N6O3. The van der Waals surface area contributed by atoms with Crippen LogP contribution in [0.1, 0.15) is 18.5 Å². The Kier molecular flexibility index (Phi) is 6.20. The maximum Gasteiger partial charge on any atom is 0.269 e. The Balaban J connectivity index is 1.14. The van der Waals surface area contributed by atoms with Crippen LogP contribution in [0.4, 0.5) is 14.6 Å². The summed E-state index contributed by atoms with van der Waals surface area (Å²) < 4.78 is 34.0. The van der Waals surface area contributed by atoms with E-state index in [1.165, 1.54) is 4.57 Å². The number of amides is 1. The molecule has 0 saturated carbocycles. The van der Waals surface area contributed by atoms with Gasteiger partial charge in [-0.3, -0.25) is 9.59 Å². The van der Waals surface area contributed by atoms with Crippen LogP contribution in [0.5, 0.6) is 5.75 Å². The van der Waals surface area contributed by atoms with Crippen molar-refractivity contribution in [1.29, 1.82) is 0 Å². The molecular weight excluding hydrogens is 446 g/mol. The molecule has 178 valence electrons. The highest BCUT2D eigenvalue weighted by atomic mass is 19.2. The summed E-state index contributed by atoms with van der Waals surface area (Å²) in [5, 5.41) is 6.23. The first-order valence-electron chi connectivity index (χ1n) is 11.2. The number of carbonyl (C=O) groups excluding carboxylic acids is 1. The lowest BCUT2D eigenvalue weighted by Crippen LogP contribution is -2.43. The molecule has 0 aliphatic carbocycles. The second-order valence-corrected chi connectivity index (χ2v) is 8.49. The fourth-order valence-corrected chi connectivity index (χ4v) is 4.34. The second kappa shape index (κ2) is 9.43. The first kappa shape index (κ1) is 22.4. The van der Waals surface area contributed by atoms with Crippen molar-refractivity contribution < 1.29 is 18.3 Å². The topological polar surface area (TPSA) is 101 Å². The number of anilines is 1. The highest BCUT2D eigenvalue weighted by Crippen LogP contribution is 2.25. The number of halogens is 2. The van der Waals surface area contributed by atoms with Gasteiger partial charge in [-0.05, 0) is 38.1 Å². The van der Waals surface area contributed by atoms with Crippen LogP contribution in [0, 0.1) is 11.6 Å². The monoisotopic (exact) mass is 470 g/mol. The number of ether oxygens (including phenoxy) is 1. The Morgan fingerprint density at radius 2 is 1.91 bits per heavy atom. The molecule has 0 radical (unpaired) electrons. The largest absolute Gasteiger partial charge is 0.480 e. The molecule has 0 spiro atoms. The molecule has 5 rings (SSSR count). The van der Waals surface area contributed by atoms with Crippen molar-refractivity contribution in [2.45, 2.75) is 32.0 Å². The normalized spacial score (nSPS) is 16.8. The van der Waals surface area contributed by atoms with Gasteiger partial charge < -0.3 is 24.8 Å². The maximum absolute atomic E-state index is 13.7. The van der Waals surface area contributed by atoms with Crippen molar-refractivity contribution in [2.75, 3.05) is 31.6 Å². The van der Waals surface area contributed by atoms with E-state index in [1.807, 2.05) is 12.1 Å². The molecule has 2 aromatic heterocycles. The van der Waals surface area contributed by atoms with Gasteiger partial charge in [-0.25, -0.2) is 18.7 Å². The maximum atomic E-state index is 13.7. The number of carbonyl (C=O) groups is 1. The van der Waals surface area contributed by atoms with E-state index in [-0.39, 0.29) is 23.6 Å². The van der Waals surface area contributed by atoms with Crippen LogP contribution in [-0.4, -0.2) is 57.6 Å². The summed E-state index contributed by atoms with van der Waals surface area (Å²) in [4.78, 5) is 34.4. The average Bonchev–Trinajstić information content (AvgIpc) is 2.83. The van der Waals surface area contributed by atoms with E-state index in [0.29, 0.717) is 42.8 Å². The van der Waals surface area contributed by atoms with Gasteiger partial charge in [-0.2, -0.15) is 0 Å². The molecule has 0 bridgehead atoms. The first-order chi connectivity index (χ1) is 16.5. The summed E-state index contributed by atoms with van der Waals surface area (Å²) >= 11 is 0. The molecule has 0 unspecified atom stereocenters. The molecule has 9 nitrogen and oxygen atoms in total. The minimum atomic E-state index is -0.996. The van der Waals surface area contributed by atoms with Crippen LogP contribution in [0.3, 0.4) is 0 Å². The molecule has 11 heteroatoms. The lowest BCUT2D eigenvalue weighted by molar-refractivity contribution is -0.118. The number of aromatic nitrogens is 3. The highest BCUT2D eigenvalue weighted by Gasteiger charge is 2.21. The quantitative estimate of drug-likeness (QED) is 0.565. The van der Waals surface area contributed by atoms with Gasteiger partial charge in [-0.1, -0.05) is 0 Å². The molecule has 1 fully saturated rings. The van der Waals surface area contributed by atoms with E-state index >= 15 is 0 Å². The predicted octanol–water partition coefficient (Wildman–Crippen LogP) is 1.65. The van der Waals surface area contributed by atoms with E-state index in [9.17, 15) is 18.4 Å². The van der Waals surface area contributed by atoms with E-state index in [4.69, 9.17) is 4.74 Å². The van der Waals surface area contributed by atoms with Gasteiger partial charge in [0.25, 0.3) is 11.5 Å². The van der Waals surface area contributed by atoms with Crippen molar-refractivity contribution in [3.63, 3.8) is 0 Å². The van der Waals surface area contributed by atoms with Crippen molar-refractivity contribution in [3.05, 3.63) is 58.1 Å². The van der Waals surface area contributed by atoms with Gasteiger partial charge in [0.15, 0.2) is 29.8 Å². The van der Waals surface area contributed by atoms with Crippen molar-refractivity contribution in [2.24, 2.45) is 0 Å². The van der Waals surface area contributed by atoms with Gasteiger partial charge in [0.2, 0.25) is 0 Å². The number of fused-ring (bicyclic) bond motifs is 2. The third-order valence-corrected chi connectivity index (χ3v) is 6.22. The number of nitrogens with one attached hydrogen (secondary N) is 2. The molecule has 2 aliphatic rings. The van der Waals surface area contributed by atoms with Gasteiger partial charge in [0.1, 0.15) is 0 Å². The van der Waals surface area contributed by atoms with Crippen LogP contribution in [0.2, 0.25) is 0 Å². The fourth-order valence-electron chi connectivity index (χ4n) is 4.34. The summed E-state index contributed by atoms with van der Waals surface area (Å²) in [6.07, 6.45) is 3.00. The van der Waals surface area contributed by atoms with E-state index < -0.39 is 11.6 Å². The summed E-state index contributed by atoms with van der Waals surface area (Å²) in [5.41, 5.74) is 1.03. The lowest BCUT2D eigenvalue weighted by atomic mass is 10.0. The van der Waals surface area contributed by atoms with Crippen molar-refractivity contribution in [1.82, 2.24) is 24.8 Å². The molecule has 0 atom stereocenters. The molecule has 1 saturated heterocycles. The van der Waals surface area contributed by atoms with Crippen molar-refractivity contribution in [3.8, 4) is 5.75 Å². The Bertz CT molecular complexity index is 1290. The minimum absolute atomic E-state index is 0.00626. The third kappa shape index (κ3) is 4.75. The van der Waals surface area contributed by atoms with Gasteiger partial charge in [0.05, 0.1) is 22.9 Å². The highest BCUT2D eigenvalue weighted by molar-refractivity contribution is 5.94. The van der Waals surface area contributed by atoms with Gasteiger partial charge in [-0.15, -0.1) is 0 Å². The number of benzene rings is 1. The first-order valence-corrected chi connectivity index (χ1v) is 11.2. The smallest absolute Gasteiger partial charge is 0.269 e. The predicted molar refractivity (Wildman–Crippen MR) is 121 cm³/mol. The summed E-state index contributed by atoms with van der Waals surface area (Å²) in [6.45, 7) is 3.27. The summed E-state index contributed by atoms with van der Waals surface area (Å²) in [7, 11) is 0. The minimum Gasteiger partial charge on any atom is -0.480 e. The van der Waals surface area contributed by atoms with Gasteiger partial charge in [0, 0.05) is 37.8 Å². The standard InChI is InChI=1S/C23H24F2N6O3/c24-16-9-18-19(10-17(16)25)31(22(33)12-27-18)8-7-30-5-3-14(4-6-30)26-11-15-1-2-20-23(28-15)29-21(32)13-34-20/h1-2,9-10,12,14,26H,3-8,11,13H2,(H,28,29,32). The Morgan fingerprint density at radius 1 is 1.12 bits per heavy atom. The van der Waals surface area contributed by atoms with E-state index in [2.05, 4.69) is 25.5 Å². The number of pyridine rings is 1. The molecule has 1 aromatic carbocycles. The van der Waals surface area contributed by atoms with E-state index in [0.717, 1.165) is 50.0 Å². The SMILES string of the molecule is O=C1COc2ccc(CNC3CCN(CCn4c(=O)cnc5cc(F)c(F)cc54)CC3)nc2N1. The average molecular weight is 470 g/mol. The van der Waals surface area contributed by atoms with E-state index in [1.54, 1.807) is 0 Å². The number of hydrogen-bond acceptors (Lipinski definition) is 7. The molecule has 4 heterocycles. The van der Waals surface area contributed by atoms with Gasteiger partial charge >= 0.3 is 0 Å². The number of rotatable bonds is 6. The lowest BCUT2D eigenvalue weighted by Gasteiger charge is -2.32. The second-order valence-electron chi connectivity index (χ2n) is 8.49. The zero-order chi connectivity index (χ0) is 23.7. The Labute approximate surface area is 193 Å². The number of hydrogen-bond donors (Lipinski definition) is 2. The molecule has 2 aliphatic heterocycles. The Morgan fingerprint density at radius 3 is 2.74 bits per heavy atom. The molecule has 3 aromatic rings. The fraction of sp³-hybridized carbons (Fsp3) is 0.391. The van der Waals surface area contributed by atoms with Crippen LogP contribution < -0.4 is 20.9 Å². The van der Waals surface area contributed by atoms with Crippen molar-refractivity contribution >= 4 is 22.8 Å². The number of piperidine rings is 1.